The lowest BCUT2D eigenvalue weighted by atomic mass is 10.1. The summed E-state index contributed by atoms with van der Waals surface area (Å²) in [5, 5.41) is 6.93. The molecule has 1 aliphatic rings. The third kappa shape index (κ3) is 4.45. The van der Waals surface area contributed by atoms with Gasteiger partial charge in [0.1, 0.15) is 0 Å². The molecule has 0 spiro atoms. The number of carbonyl (C=O) groups excluding carboxylic acids is 1. The van der Waals surface area contributed by atoms with Crippen molar-refractivity contribution in [3.05, 3.63) is 65.5 Å². The first-order valence-electron chi connectivity index (χ1n) is 9.53. The predicted octanol–water partition coefficient (Wildman–Crippen LogP) is 4.60. The first-order valence-corrected chi connectivity index (χ1v) is 9.53. The Labute approximate surface area is 170 Å². The van der Waals surface area contributed by atoms with E-state index in [1.807, 2.05) is 4.90 Å². The third-order valence-corrected chi connectivity index (χ3v) is 4.91. The Kier molecular flexibility index (Phi) is 5.43. The van der Waals surface area contributed by atoms with Crippen molar-refractivity contribution in [1.82, 2.24) is 15.0 Å². The van der Waals surface area contributed by atoms with Gasteiger partial charge in [0.15, 0.2) is 0 Å². The van der Waals surface area contributed by atoms with Crippen LogP contribution in [0, 0.1) is 0 Å². The monoisotopic (exact) mass is 416 g/mol. The molecule has 1 aliphatic heterocycles. The number of hydrogen-bond donors (Lipinski definition) is 1. The van der Waals surface area contributed by atoms with Gasteiger partial charge in [-0.05, 0) is 49.2 Å². The molecular weight excluding hydrogens is 397 g/mol. The molecule has 30 heavy (non-hydrogen) atoms. The van der Waals surface area contributed by atoms with Crippen LogP contribution in [-0.2, 0) is 12.7 Å². The van der Waals surface area contributed by atoms with Crippen LogP contribution in [0.5, 0.6) is 0 Å². The number of hydrogen-bond acceptors (Lipinski definition) is 5. The van der Waals surface area contributed by atoms with Gasteiger partial charge in [-0.25, -0.2) is 0 Å². The van der Waals surface area contributed by atoms with E-state index in [4.69, 9.17) is 4.52 Å². The number of likely N-dealkylation sites (tertiary alicyclic amines) is 1. The highest BCUT2D eigenvalue weighted by molar-refractivity contribution is 5.94. The minimum Gasteiger partial charge on any atom is -0.376 e. The summed E-state index contributed by atoms with van der Waals surface area (Å²) in [6.45, 7) is 1.85. The van der Waals surface area contributed by atoms with Crippen molar-refractivity contribution in [3.8, 4) is 11.4 Å². The zero-order valence-corrected chi connectivity index (χ0v) is 15.9. The number of alkyl halides is 3. The fourth-order valence-corrected chi connectivity index (χ4v) is 3.26. The second-order valence-corrected chi connectivity index (χ2v) is 7.02. The molecule has 2 heterocycles. The maximum absolute atomic E-state index is 12.7. The van der Waals surface area contributed by atoms with E-state index < -0.39 is 11.7 Å². The minimum atomic E-state index is -4.39. The first-order chi connectivity index (χ1) is 14.4. The van der Waals surface area contributed by atoms with Crippen molar-refractivity contribution < 1.29 is 22.5 Å². The van der Waals surface area contributed by atoms with Gasteiger partial charge in [-0.2, -0.15) is 18.2 Å². The molecule has 156 valence electrons. The van der Waals surface area contributed by atoms with E-state index in [1.54, 1.807) is 24.3 Å². The first kappa shape index (κ1) is 19.9. The number of aromatic nitrogens is 2. The summed E-state index contributed by atoms with van der Waals surface area (Å²) >= 11 is 0. The molecule has 1 saturated heterocycles. The van der Waals surface area contributed by atoms with Gasteiger partial charge in [-0.15, -0.1) is 0 Å². The molecule has 1 amide bonds. The fourth-order valence-electron chi connectivity index (χ4n) is 3.26. The molecule has 1 N–H and O–H groups in total. The normalized spacial score (nSPS) is 14.2. The van der Waals surface area contributed by atoms with E-state index in [1.165, 1.54) is 12.1 Å². The summed E-state index contributed by atoms with van der Waals surface area (Å²) in [5.41, 5.74) is 1.12. The molecule has 1 fully saturated rings. The van der Waals surface area contributed by atoms with Gasteiger partial charge in [0.25, 0.3) is 5.91 Å². The number of nitrogens with one attached hydrogen (secondary N) is 1. The van der Waals surface area contributed by atoms with Crippen molar-refractivity contribution in [2.24, 2.45) is 0 Å². The summed E-state index contributed by atoms with van der Waals surface area (Å²) in [6, 6.07) is 11.7. The van der Waals surface area contributed by atoms with Gasteiger partial charge < -0.3 is 14.7 Å². The molecular formula is C21H19F3N4O2. The molecule has 0 saturated carbocycles. The summed E-state index contributed by atoms with van der Waals surface area (Å²) in [7, 11) is 0. The Hall–Kier alpha value is -3.36. The topological polar surface area (TPSA) is 71.3 Å². The van der Waals surface area contributed by atoms with Crippen LogP contribution in [0.15, 0.2) is 53.1 Å². The van der Waals surface area contributed by atoms with E-state index in [0.29, 0.717) is 17.0 Å². The Morgan fingerprint density at radius 1 is 1.03 bits per heavy atom. The van der Waals surface area contributed by atoms with Crippen molar-refractivity contribution in [2.45, 2.75) is 25.6 Å². The lowest BCUT2D eigenvalue weighted by molar-refractivity contribution is -0.137. The van der Waals surface area contributed by atoms with E-state index in [-0.39, 0.29) is 18.3 Å². The number of nitrogens with zero attached hydrogens (tertiary/aromatic N) is 3. The van der Waals surface area contributed by atoms with Crippen molar-refractivity contribution in [3.63, 3.8) is 0 Å². The van der Waals surface area contributed by atoms with Gasteiger partial charge in [0, 0.05) is 29.9 Å². The maximum atomic E-state index is 12.7. The molecule has 2 aromatic carbocycles. The highest BCUT2D eigenvalue weighted by Gasteiger charge is 2.30. The largest absolute Gasteiger partial charge is 0.416 e. The molecule has 0 bridgehead atoms. The van der Waals surface area contributed by atoms with E-state index in [9.17, 15) is 18.0 Å². The summed E-state index contributed by atoms with van der Waals surface area (Å²) < 4.78 is 43.1. The number of anilines is 1. The van der Waals surface area contributed by atoms with Crippen molar-refractivity contribution in [2.75, 3.05) is 18.4 Å². The second-order valence-electron chi connectivity index (χ2n) is 7.02. The van der Waals surface area contributed by atoms with E-state index >= 15 is 0 Å². The minimum absolute atomic E-state index is 0.0390. The molecule has 9 heteroatoms. The number of carbonyl (C=O) groups is 1. The van der Waals surface area contributed by atoms with Crippen LogP contribution in [0.25, 0.3) is 11.4 Å². The summed E-state index contributed by atoms with van der Waals surface area (Å²) in [4.78, 5) is 18.4. The van der Waals surface area contributed by atoms with Gasteiger partial charge in [-0.3, -0.25) is 4.79 Å². The van der Waals surface area contributed by atoms with Crippen LogP contribution >= 0.6 is 0 Å². The Morgan fingerprint density at radius 2 is 1.70 bits per heavy atom. The molecule has 1 aromatic heterocycles. The van der Waals surface area contributed by atoms with Crippen LogP contribution < -0.4 is 5.32 Å². The average molecular weight is 416 g/mol. The molecule has 0 radical (unpaired) electrons. The zero-order valence-electron chi connectivity index (χ0n) is 15.9. The molecule has 4 rings (SSSR count). The standard InChI is InChI=1S/C21H19F3N4O2/c22-21(23,24)16-7-3-14(4-8-16)19-26-18(30-27-19)13-25-17-9-5-15(6-10-17)20(29)28-11-1-2-12-28/h3-10,25H,1-2,11-13H2. The molecule has 6 nitrogen and oxygen atoms in total. The third-order valence-electron chi connectivity index (χ3n) is 4.91. The Morgan fingerprint density at radius 3 is 2.33 bits per heavy atom. The summed E-state index contributed by atoms with van der Waals surface area (Å²) in [6.07, 6.45) is -2.30. The van der Waals surface area contributed by atoms with Gasteiger partial charge >= 0.3 is 6.18 Å². The van der Waals surface area contributed by atoms with Crippen LogP contribution in [0.3, 0.4) is 0 Å². The number of amides is 1. The quantitative estimate of drug-likeness (QED) is 0.658. The average Bonchev–Trinajstić information content (AvgIpc) is 3.44. The molecule has 0 atom stereocenters. The SMILES string of the molecule is O=C(c1ccc(NCc2nc(-c3ccc(C(F)(F)F)cc3)no2)cc1)N1CCCC1. The predicted molar refractivity (Wildman–Crippen MR) is 104 cm³/mol. The van der Waals surface area contributed by atoms with Crippen LogP contribution in [-0.4, -0.2) is 34.0 Å². The summed E-state index contributed by atoms with van der Waals surface area (Å²) in [5.74, 6) is 0.548. The smallest absolute Gasteiger partial charge is 0.376 e. The van der Waals surface area contributed by atoms with Crippen LogP contribution in [0.1, 0.15) is 34.7 Å². The Bertz CT molecular complexity index is 1010. The number of halogens is 3. The lowest BCUT2D eigenvalue weighted by Gasteiger charge is -2.15. The number of rotatable bonds is 5. The highest BCUT2D eigenvalue weighted by atomic mass is 19.4. The highest BCUT2D eigenvalue weighted by Crippen LogP contribution is 2.30. The fraction of sp³-hybridized carbons (Fsp3) is 0.286. The van der Waals surface area contributed by atoms with Crippen LogP contribution in [0.4, 0.5) is 18.9 Å². The van der Waals surface area contributed by atoms with Crippen LogP contribution in [0.2, 0.25) is 0 Å². The van der Waals surface area contributed by atoms with E-state index in [2.05, 4.69) is 15.5 Å². The van der Waals surface area contributed by atoms with E-state index in [0.717, 1.165) is 43.8 Å². The zero-order chi connectivity index (χ0) is 21.1. The van der Waals surface area contributed by atoms with Gasteiger partial charge in [0.2, 0.25) is 11.7 Å². The molecule has 0 unspecified atom stereocenters. The van der Waals surface area contributed by atoms with Gasteiger partial charge in [0.05, 0.1) is 12.1 Å². The lowest BCUT2D eigenvalue weighted by Crippen LogP contribution is -2.27. The number of benzene rings is 2. The molecule has 3 aromatic rings. The molecule has 0 aliphatic carbocycles. The van der Waals surface area contributed by atoms with Crippen molar-refractivity contribution in [1.29, 1.82) is 0 Å². The Balaban J connectivity index is 1.36. The van der Waals surface area contributed by atoms with Crippen molar-refractivity contribution >= 4 is 11.6 Å². The maximum Gasteiger partial charge on any atom is 0.416 e. The van der Waals surface area contributed by atoms with Gasteiger partial charge in [-0.1, -0.05) is 17.3 Å². The second kappa shape index (κ2) is 8.17.